The van der Waals surface area contributed by atoms with E-state index in [0.29, 0.717) is 62.4 Å². The molecule has 0 unspecified atom stereocenters. The molecule has 37 heavy (non-hydrogen) atoms. The highest BCUT2D eigenvalue weighted by atomic mass is 19.4. The van der Waals surface area contributed by atoms with Crippen molar-refractivity contribution in [2.45, 2.75) is 24.7 Å². The fourth-order valence-electron chi connectivity index (χ4n) is 5.13. The zero-order valence-electron chi connectivity index (χ0n) is 20.3. The third-order valence-electron chi connectivity index (χ3n) is 7.14. The average molecular weight is 516 g/mol. The number of pyridine rings is 1. The fourth-order valence-corrected chi connectivity index (χ4v) is 5.13. The Kier molecular flexibility index (Phi) is 6.94. The van der Waals surface area contributed by atoms with E-state index in [2.05, 4.69) is 21.5 Å². The first-order valence-electron chi connectivity index (χ1n) is 12.2. The Bertz CT molecular complexity index is 1340. The molecule has 5 rings (SSSR count). The lowest BCUT2D eigenvalue weighted by molar-refractivity contribution is -0.190. The van der Waals surface area contributed by atoms with Gasteiger partial charge >= 0.3 is 6.18 Å². The Morgan fingerprint density at radius 2 is 1.92 bits per heavy atom. The smallest absolute Gasteiger partial charge is 0.379 e. The van der Waals surface area contributed by atoms with Gasteiger partial charge in [0.05, 0.1) is 30.2 Å². The van der Waals surface area contributed by atoms with E-state index in [1.165, 1.54) is 23.2 Å². The Hall–Kier alpha value is -3.40. The summed E-state index contributed by atoms with van der Waals surface area (Å²) in [5, 5.41) is 17.6. The number of ether oxygens (including phenoxy) is 1. The van der Waals surface area contributed by atoms with E-state index < -0.39 is 12.2 Å². The highest BCUT2D eigenvalue weighted by molar-refractivity contribution is 5.91. The quantitative estimate of drug-likeness (QED) is 0.537. The standard InChI is InChI=1S/C25H28F3N7O2/c1-33-9-11-34(12-10-33)22(25(26,27)28)16-2-4-18(5-3-16)31-23-21-19(6-8-30-24(21)36)35(32-23)20-15-37-13-7-17(20)14-29/h2-6,8,17,20,22H,7,9-13,15H2,1H3,(H,30,36)(H,31,32)/t17-,20+,22-/m1/s1. The number of nitrogens with zero attached hydrogens (tertiary/aromatic N) is 5. The van der Waals surface area contributed by atoms with Crippen LogP contribution < -0.4 is 10.9 Å². The summed E-state index contributed by atoms with van der Waals surface area (Å²) < 4.78 is 49.3. The minimum absolute atomic E-state index is 0.159. The summed E-state index contributed by atoms with van der Waals surface area (Å²) in [6.07, 6.45) is -2.34. The van der Waals surface area contributed by atoms with Crippen molar-refractivity contribution in [3.63, 3.8) is 0 Å². The van der Waals surface area contributed by atoms with Crippen LogP contribution in [-0.2, 0) is 4.74 Å². The van der Waals surface area contributed by atoms with Gasteiger partial charge in [0, 0.05) is 44.7 Å². The summed E-state index contributed by atoms with van der Waals surface area (Å²) in [5.41, 5.74) is 0.841. The van der Waals surface area contributed by atoms with Gasteiger partial charge in [-0.15, -0.1) is 0 Å². The van der Waals surface area contributed by atoms with E-state index in [9.17, 15) is 23.2 Å². The second-order valence-electron chi connectivity index (χ2n) is 9.56. The minimum atomic E-state index is -4.41. The minimum Gasteiger partial charge on any atom is -0.379 e. The first-order chi connectivity index (χ1) is 17.8. The Morgan fingerprint density at radius 3 is 2.59 bits per heavy atom. The fraction of sp³-hybridized carbons (Fsp3) is 0.480. The molecular weight excluding hydrogens is 487 g/mol. The second kappa shape index (κ2) is 10.2. The largest absolute Gasteiger partial charge is 0.408 e. The Labute approximate surface area is 211 Å². The number of hydrogen-bond acceptors (Lipinski definition) is 7. The SMILES string of the molecule is CN1CCN([C@H](c2ccc(Nc3nn([C@H]4COCC[C@@H]4C#N)c4cc[nH]c(=O)c34)cc2)C(F)(F)F)CC1. The van der Waals surface area contributed by atoms with E-state index in [4.69, 9.17) is 4.74 Å². The Balaban J connectivity index is 1.44. The van der Waals surface area contributed by atoms with Crippen LogP contribution in [0.25, 0.3) is 10.9 Å². The number of fused-ring (bicyclic) bond motifs is 1. The van der Waals surface area contributed by atoms with E-state index >= 15 is 0 Å². The van der Waals surface area contributed by atoms with Crippen LogP contribution in [0.15, 0.2) is 41.3 Å². The van der Waals surface area contributed by atoms with E-state index in [1.807, 2.05) is 11.9 Å². The maximum atomic E-state index is 14.0. The van der Waals surface area contributed by atoms with Gasteiger partial charge in [0.2, 0.25) is 0 Å². The summed E-state index contributed by atoms with van der Waals surface area (Å²) in [4.78, 5) is 18.8. The zero-order chi connectivity index (χ0) is 26.2. The van der Waals surface area contributed by atoms with Gasteiger partial charge in [-0.3, -0.25) is 14.4 Å². The summed E-state index contributed by atoms with van der Waals surface area (Å²) in [6.45, 7) is 2.60. The molecule has 2 fully saturated rings. The molecule has 3 aromatic rings. The van der Waals surface area contributed by atoms with Crippen LogP contribution in [0.5, 0.6) is 0 Å². The highest BCUT2D eigenvalue weighted by Crippen LogP contribution is 2.39. The molecule has 0 bridgehead atoms. The lowest BCUT2D eigenvalue weighted by Gasteiger charge is -2.38. The Morgan fingerprint density at radius 1 is 1.19 bits per heavy atom. The number of nitriles is 1. The third-order valence-corrected chi connectivity index (χ3v) is 7.14. The summed E-state index contributed by atoms with van der Waals surface area (Å²) in [7, 11) is 1.90. The molecule has 1 aromatic carbocycles. The molecule has 2 saturated heterocycles. The van der Waals surface area contributed by atoms with Gasteiger partial charge < -0.3 is 19.9 Å². The van der Waals surface area contributed by atoms with Gasteiger partial charge in [-0.2, -0.15) is 23.5 Å². The van der Waals surface area contributed by atoms with E-state index in [1.54, 1.807) is 22.9 Å². The van der Waals surface area contributed by atoms with Gasteiger partial charge in [-0.05, 0) is 37.2 Å². The van der Waals surface area contributed by atoms with Crippen molar-refractivity contribution in [2.24, 2.45) is 5.92 Å². The predicted octanol–water partition coefficient (Wildman–Crippen LogP) is 3.42. The molecule has 0 aliphatic carbocycles. The molecule has 0 spiro atoms. The molecule has 2 aliphatic heterocycles. The number of likely N-dealkylation sites (N-methyl/N-ethyl adjacent to an activating group) is 1. The lowest BCUT2D eigenvalue weighted by atomic mass is 9.96. The average Bonchev–Trinajstić information content (AvgIpc) is 3.25. The third kappa shape index (κ3) is 5.07. The topological polar surface area (TPSA) is 102 Å². The second-order valence-corrected chi connectivity index (χ2v) is 9.56. The molecule has 196 valence electrons. The zero-order valence-corrected chi connectivity index (χ0v) is 20.3. The number of nitrogens with one attached hydrogen (secondary N) is 2. The van der Waals surface area contributed by atoms with Crippen LogP contribution in [0.1, 0.15) is 24.1 Å². The molecule has 2 aliphatic rings. The highest BCUT2D eigenvalue weighted by Gasteiger charge is 2.45. The van der Waals surface area contributed by atoms with Crippen LogP contribution in [0.2, 0.25) is 0 Å². The maximum absolute atomic E-state index is 14.0. The molecule has 2 N–H and O–H groups in total. The normalized spacial score (nSPS) is 22.6. The number of hydrogen-bond donors (Lipinski definition) is 2. The predicted molar refractivity (Wildman–Crippen MR) is 132 cm³/mol. The van der Waals surface area contributed by atoms with Crippen LogP contribution >= 0.6 is 0 Å². The number of alkyl halides is 3. The summed E-state index contributed by atoms with van der Waals surface area (Å²) >= 11 is 0. The van der Waals surface area contributed by atoms with Gasteiger partial charge in [0.15, 0.2) is 5.82 Å². The number of H-pyrrole nitrogens is 1. The first-order valence-corrected chi connectivity index (χ1v) is 12.2. The number of piperazine rings is 1. The van der Waals surface area contributed by atoms with Gasteiger partial charge in [0.1, 0.15) is 11.4 Å². The first kappa shape index (κ1) is 25.3. The van der Waals surface area contributed by atoms with Crippen LogP contribution in [0, 0.1) is 17.2 Å². The van der Waals surface area contributed by atoms with Crippen molar-refractivity contribution in [1.29, 1.82) is 5.26 Å². The monoisotopic (exact) mass is 515 g/mol. The van der Waals surface area contributed by atoms with Crippen molar-refractivity contribution in [3.05, 3.63) is 52.4 Å². The van der Waals surface area contributed by atoms with Gasteiger partial charge in [-0.1, -0.05) is 12.1 Å². The number of aromatic amines is 1. The van der Waals surface area contributed by atoms with Crippen LogP contribution in [-0.4, -0.2) is 77.2 Å². The molecule has 12 heteroatoms. The molecule has 0 radical (unpaired) electrons. The summed E-state index contributed by atoms with van der Waals surface area (Å²) in [6, 6.07) is 8.01. The molecular formula is C25H28F3N7O2. The maximum Gasteiger partial charge on any atom is 0.408 e. The lowest BCUT2D eigenvalue weighted by Crippen LogP contribution is -2.49. The van der Waals surface area contributed by atoms with Crippen molar-refractivity contribution in [1.82, 2.24) is 24.6 Å². The number of benzene rings is 1. The van der Waals surface area contributed by atoms with Gasteiger partial charge in [-0.25, -0.2) is 0 Å². The number of aromatic nitrogens is 3. The number of halogens is 3. The number of rotatable bonds is 5. The van der Waals surface area contributed by atoms with Gasteiger partial charge in [0.25, 0.3) is 5.56 Å². The van der Waals surface area contributed by atoms with E-state index in [-0.39, 0.29) is 28.9 Å². The van der Waals surface area contributed by atoms with Crippen molar-refractivity contribution in [3.8, 4) is 6.07 Å². The summed E-state index contributed by atoms with van der Waals surface area (Å²) in [5.74, 6) is -0.0598. The van der Waals surface area contributed by atoms with Crippen molar-refractivity contribution < 1.29 is 17.9 Å². The number of anilines is 2. The molecule has 2 aromatic heterocycles. The van der Waals surface area contributed by atoms with Crippen molar-refractivity contribution >= 4 is 22.4 Å². The van der Waals surface area contributed by atoms with Crippen molar-refractivity contribution in [2.75, 3.05) is 51.8 Å². The molecule has 3 atom stereocenters. The van der Waals surface area contributed by atoms with Crippen LogP contribution in [0.4, 0.5) is 24.7 Å². The molecule has 0 amide bonds. The van der Waals surface area contributed by atoms with E-state index in [0.717, 1.165) is 0 Å². The van der Waals surface area contributed by atoms with Crippen LogP contribution in [0.3, 0.4) is 0 Å². The molecule has 4 heterocycles. The molecule has 0 saturated carbocycles. The molecule has 9 nitrogen and oxygen atoms in total.